The topological polar surface area (TPSA) is 72.9 Å². The average molecular weight is 514 g/mol. The number of fused-ring (bicyclic) bond motifs is 1. The van der Waals surface area contributed by atoms with E-state index in [1.807, 2.05) is 81.4 Å². The average Bonchev–Trinajstić information content (AvgIpc) is 2.81. The van der Waals surface area contributed by atoms with E-state index in [4.69, 9.17) is 21.7 Å². The van der Waals surface area contributed by atoms with Gasteiger partial charge in [0.15, 0.2) is 21.3 Å². The molecule has 6 nitrogen and oxygen atoms in total. The van der Waals surface area contributed by atoms with Crippen LogP contribution >= 0.6 is 12.2 Å². The van der Waals surface area contributed by atoms with Crippen molar-refractivity contribution in [2.75, 3.05) is 7.11 Å². The Balaban J connectivity index is 1.68. The fourth-order valence-electron chi connectivity index (χ4n) is 5.11. The molecule has 1 unspecified atom stereocenters. The monoisotopic (exact) mass is 513 g/mol. The van der Waals surface area contributed by atoms with Crippen LogP contribution < -0.4 is 0 Å². The van der Waals surface area contributed by atoms with E-state index in [1.54, 1.807) is 11.8 Å². The summed E-state index contributed by atoms with van der Waals surface area (Å²) in [6.07, 6.45) is -1.63. The third kappa shape index (κ3) is 4.55. The molecule has 0 saturated carbocycles. The van der Waals surface area contributed by atoms with E-state index in [0.717, 1.165) is 16.8 Å². The second-order valence-corrected chi connectivity index (χ2v) is 12.7. The number of esters is 1. The summed E-state index contributed by atoms with van der Waals surface area (Å²) in [5.74, 6) is -0.576. The number of ether oxygens (including phenoxy) is 2. The fourth-order valence-corrected chi connectivity index (χ4v) is 8.10. The Morgan fingerprint density at radius 3 is 2.00 bits per heavy atom. The summed E-state index contributed by atoms with van der Waals surface area (Å²) in [6.45, 7) is 7.82. The highest BCUT2D eigenvalue weighted by Crippen LogP contribution is 2.48. The highest BCUT2D eigenvalue weighted by atomic mass is 32.2. The van der Waals surface area contributed by atoms with E-state index in [0.29, 0.717) is 10.6 Å². The fraction of sp³-hybridized carbons (Fsp3) is 0.407. The molecule has 2 aliphatic rings. The first-order valence-corrected chi connectivity index (χ1v) is 13.6. The third-order valence-corrected chi connectivity index (χ3v) is 9.47. The van der Waals surface area contributed by atoms with Crippen molar-refractivity contribution in [1.82, 2.24) is 4.90 Å². The predicted molar refractivity (Wildman–Crippen MR) is 139 cm³/mol. The number of carbonyl (C=O) groups is 1. The highest BCUT2D eigenvalue weighted by Gasteiger charge is 2.60. The zero-order chi connectivity index (χ0) is 25.5. The molecule has 0 bridgehead atoms. The number of thiocarbonyl (C=S) groups is 1. The highest BCUT2D eigenvalue weighted by molar-refractivity contribution is 7.93. The van der Waals surface area contributed by atoms with E-state index in [2.05, 4.69) is 0 Å². The molecule has 0 amide bonds. The van der Waals surface area contributed by atoms with Gasteiger partial charge >= 0.3 is 5.97 Å². The minimum absolute atomic E-state index is 0.280. The molecule has 0 spiro atoms. The smallest absolute Gasteiger partial charge is 0.308 e. The molecule has 1 fully saturated rings. The molecule has 0 N–H and O–H groups in total. The molecule has 8 heteroatoms. The summed E-state index contributed by atoms with van der Waals surface area (Å²) < 4.78 is 38.8. The standard InChI is InChI=1S/C27H31NO5S2/c1-17-20(35(30,31)26-23(32-5)25(34)28(26)24(17)27(2,3)4)16-21(29)33-22(18-12-8-6-9-13-18)19-14-10-7-11-15-19/h6-15,20,22-23,26H,16H2,1-5H3/t20?,23-,26+/m0/s1. The van der Waals surface area contributed by atoms with Crippen molar-refractivity contribution in [3.63, 3.8) is 0 Å². The molecule has 0 radical (unpaired) electrons. The molecule has 2 aromatic carbocycles. The summed E-state index contributed by atoms with van der Waals surface area (Å²) in [4.78, 5) is 15.5. The van der Waals surface area contributed by atoms with E-state index in [9.17, 15) is 13.2 Å². The Labute approximate surface area is 212 Å². The van der Waals surface area contributed by atoms with Crippen molar-refractivity contribution in [2.24, 2.45) is 5.41 Å². The van der Waals surface area contributed by atoms with Crippen LogP contribution in [0.25, 0.3) is 0 Å². The molecule has 4 rings (SSSR count). The van der Waals surface area contributed by atoms with Crippen LogP contribution in [0.4, 0.5) is 0 Å². The third-order valence-electron chi connectivity index (χ3n) is 6.60. The van der Waals surface area contributed by atoms with Gasteiger partial charge in [-0.3, -0.25) is 4.79 Å². The number of methoxy groups -OCH3 is 1. The largest absolute Gasteiger partial charge is 0.452 e. The first kappa shape index (κ1) is 25.5. The lowest BCUT2D eigenvalue weighted by Gasteiger charge is -2.56. The first-order valence-electron chi connectivity index (χ1n) is 11.6. The maximum atomic E-state index is 13.7. The quantitative estimate of drug-likeness (QED) is 0.405. The van der Waals surface area contributed by atoms with Crippen LogP contribution in [-0.4, -0.2) is 48.1 Å². The summed E-state index contributed by atoms with van der Waals surface area (Å²) in [6, 6.07) is 18.9. The van der Waals surface area contributed by atoms with Gasteiger partial charge in [0, 0.05) is 18.2 Å². The molecule has 1 saturated heterocycles. The van der Waals surface area contributed by atoms with Gasteiger partial charge in [-0.2, -0.15) is 0 Å². The Bertz CT molecular complexity index is 1210. The minimum atomic E-state index is -3.81. The van der Waals surface area contributed by atoms with Crippen molar-refractivity contribution in [3.05, 3.63) is 83.1 Å². The van der Waals surface area contributed by atoms with Crippen LogP contribution in [0.5, 0.6) is 0 Å². The second kappa shape index (κ2) is 9.48. The van der Waals surface area contributed by atoms with Gasteiger partial charge in [0.25, 0.3) is 0 Å². The van der Waals surface area contributed by atoms with Crippen molar-refractivity contribution in [3.8, 4) is 0 Å². The number of sulfone groups is 1. The molecule has 0 aliphatic carbocycles. The van der Waals surface area contributed by atoms with Crippen LogP contribution in [-0.2, 0) is 24.1 Å². The summed E-state index contributed by atoms with van der Waals surface area (Å²) >= 11 is 5.51. The zero-order valence-electron chi connectivity index (χ0n) is 20.6. The second-order valence-electron chi connectivity index (χ2n) is 10.0. The molecule has 2 heterocycles. The van der Waals surface area contributed by atoms with E-state index in [1.165, 1.54) is 7.11 Å². The van der Waals surface area contributed by atoms with Gasteiger partial charge in [-0.05, 0) is 23.6 Å². The van der Waals surface area contributed by atoms with Gasteiger partial charge in [0.05, 0.1) is 11.7 Å². The minimum Gasteiger partial charge on any atom is -0.452 e. The van der Waals surface area contributed by atoms with Gasteiger partial charge in [-0.1, -0.05) is 93.7 Å². The van der Waals surface area contributed by atoms with Gasteiger partial charge in [0.1, 0.15) is 11.1 Å². The predicted octanol–water partition coefficient (Wildman–Crippen LogP) is 4.81. The molecule has 186 valence electrons. The maximum absolute atomic E-state index is 13.7. The lowest BCUT2D eigenvalue weighted by Crippen LogP contribution is -2.71. The lowest BCUT2D eigenvalue weighted by atomic mass is 9.84. The summed E-state index contributed by atoms with van der Waals surface area (Å²) in [5.41, 5.74) is 2.71. The van der Waals surface area contributed by atoms with E-state index < -0.39 is 38.6 Å². The van der Waals surface area contributed by atoms with Crippen molar-refractivity contribution in [1.29, 1.82) is 0 Å². The number of nitrogens with zero attached hydrogens (tertiary/aromatic N) is 1. The number of carbonyl (C=O) groups excluding carboxylic acids is 1. The Kier molecular flexibility index (Phi) is 6.92. The van der Waals surface area contributed by atoms with E-state index >= 15 is 0 Å². The summed E-state index contributed by atoms with van der Waals surface area (Å²) in [5, 5.41) is -1.95. The van der Waals surface area contributed by atoms with Gasteiger partial charge < -0.3 is 14.4 Å². The molecule has 0 aromatic heterocycles. The molecule has 2 aromatic rings. The molecule has 3 atom stereocenters. The zero-order valence-corrected chi connectivity index (χ0v) is 22.2. The first-order chi connectivity index (χ1) is 16.5. The maximum Gasteiger partial charge on any atom is 0.308 e. The van der Waals surface area contributed by atoms with Crippen molar-refractivity contribution in [2.45, 2.75) is 56.9 Å². The number of allylic oxidation sites excluding steroid dienone is 1. The van der Waals surface area contributed by atoms with E-state index in [-0.39, 0.29) is 11.8 Å². The molecule has 2 aliphatic heterocycles. The normalized spacial score (nSPS) is 23.7. The Morgan fingerprint density at radius 2 is 1.54 bits per heavy atom. The van der Waals surface area contributed by atoms with Gasteiger partial charge in [-0.25, -0.2) is 8.42 Å². The van der Waals surface area contributed by atoms with Crippen LogP contribution in [0.2, 0.25) is 0 Å². The lowest BCUT2D eigenvalue weighted by molar-refractivity contribution is -0.147. The van der Waals surface area contributed by atoms with Crippen LogP contribution in [0.3, 0.4) is 0 Å². The Morgan fingerprint density at radius 1 is 1.03 bits per heavy atom. The summed E-state index contributed by atoms with van der Waals surface area (Å²) in [7, 11) is -2.35. The van der Waals surface area contributed by atoms with Gasteiger partial charge in [-0.15, -0.1) is 0 Å². The molecule has 35 heavy (non-hydrogen) atoms. The van der Waals surface area contributed by atoms with Crippen molar-refractivity contribution < 1.29 is 22.7 Å². The number of rotatable bonds is 6. The SMILES string of the molecule is CO[C@H]1C(=S)N2C(C(C)(C)C)=C(C)C(CC(=O)OC(c3ccccc3)c3ccccc3)S(=O)(=O)[C@H]12. The molecular formula is C27H31NO5S2. The van der Waals surface area contributed by atoms with Crippen LogP contribution in [0, 0.1) is 5.41 Å². The number of hydrogen-bond acceptors (Lipinski definition) is 6. The number of hydrogen-bond donors (Lipinski definition) is 0. The van der Waals surface area contributed by atoms with Crippen LogP contribution in [0.1, 0.15) is 51.3 Å². The van der Waals surface area contributed by atoms with Crippen molar-refractivity contribution >= 4 is 33.0 Å². The molecular weight excluding hydrogens is 482 g/mol. The van der Waals surface area contributed by atoms with Crippen LogP contribution in [0.15, 0.2) is 71.9 Å². The van der Waals surface area contributed by atoms with Gasteiger partial charge in [0.2, 0.25) is 0 Å². The Hall–Kier alpha value is -2.55. The number of benzene rings is 2.